The molecule has 0 unspecified atom stereocenters. The van der Waals surface area contributed by atoms with Gasteiger partial charge in [-0.15, -0.1) is 0 Å². The highest BCUT2D eigenvalue weighted by atomic mass is 79.9. The summed E-state index contributed by atoms with van der Waals surface area (Å²) in [4.78, 5) is 14.2. The molecular weight excluding hydrogens is 222 g/mol. The van der Waals surface area contributed by atoms with Gasteiger partial charge in [0.25, 0.3) is 0 Å². The van der Waals surface area contributed by atoms with Crippen LogP contribution in [-0.4, -0.2) is 18.1 Å². The molecule has 3 nitrogen and oxygen atoms in total. The first-order valence-electron chi connectivity index (χ1n) is 3.51. The van der Waals surface area contributed by atoms with Crippen molar-refractivity contribution in [1.29, 1.82) is 0 Å². The van der Waals surface area contributed by atoms with Crippen LogP contribution in [0.25, 0.3) is 0 Å². The van der Waals surface area contributed by atoms with Crippen LogP contribution in [0.4, 0.5) is 0 Å². The van der Waals surface area contributed by atoms with Crippen LogP contribution in [0.15, 0.2) is 4.47 Å². The van der Waals surface area contributed by atoms with E-state index in [1.54, 1.807) is 0 Å². The van der Waals surface area contributed by atoms with Gasteiger partial charge < -0.3 is 9.72 Å². The first-order valence-corrected chi connectivity index (χ1v) is 4.30. The highest BCUT2D eigenvalue weighted by Crippen LogP contribution is 2.24. The molecule has 0 atom stereocenters. The number of ether oxygens (including phenoxy) is 1. The van der Waals surface area contributed by atoms with E-state index < -0.39 is 0 Å². The SMILES string of the molecule is COC(=O)c1c(C)[nH]c(C)c1Br. The molecular formula is C8H10BrNO2. The van der Waals surface area contributed by atoms with E-state index in [1.165, 1.54) is 7.11 Å². The zero-order valence-corrected chi connectivity index (χ0v) is 8.78. The van der Waals surface area contributed by atoms with Gasteiger partial charge in [0, 0.05) is 11.4 Å². The Morgan fingerprint density at radius 1 is 1.42 bits per heavy atom. The number of carbonyl (C=O) groups excluding carboxylic acids is 1. The van der Waals surface area contributed by atoms with E-state index in [9.17, 15) is 4.79 Å². The highest BCUT2D eigenvalue weighted by Gasteiger charge is 2.17. The summed E-state index contributed by atoms with van der Waals surface area (Å²) < 4.78 is 5.41. The van der Waals surface area contributed by atoms with Crippen molar-refractivity contribution < 1.29 is 9.53 Å². The van der Waals surface area contributed by atoms with Crippen molar-refractivity contribution in [2.45, 2.75) is 13.8 Å². The van der Waals surface area contributed by atoms with Gasteiger partial charge >= 0.3 is 5.97 Å². The molecule has 0 amide bonds. The minimum atomic E-state index is -0.316. The van der Waals surface area contributed by atoms with Crippen LogP contribution in [0, 0.1) is 13.8 Å². The van der Waals surface area contributed by atoms with Crippen LogP contribution >= 0.6 is 15.9 Å². The Morgan fingerprint density at radius 3 is 2.33 bits per heavy atom. The van der Waals surface area contributed by atoms with Crippen LogP contribution in [0.3, 0.4) is 0 Å². The summed E-state index contributed by atoms with van der Waals surface area (Å²) in [7, 11) is 1.37. The number of carbonyl (C=O) groups is 1. The van der Waals surface area contributed by atoms with E-state index in [0.29, 0.717) is 5.56 Å². The summed E-state index contributed by atoms with van der Waals surface area (Å²) in [6.45, 7) is 3.73. The molecule has 0 saturated carbocycles. The zero-order valence-electron chi connectivity index (χ0n) is 7.19. The number of aromatic nitrogens is 1. The second kappa shape index (κ2) is 3.31. The smallest absolute Gasteiger partial charge is 0.340 e. The van der Waals surface area contributed by atoms with Crippen molar-refractivity contribution in [2.24, 2.45) is 0 Å². The summed E-state index contributed by atoms with van der Waals surface area (Å²) >= 11 is 3.31. The van der Waals surface area contributed by atoms with Crippen LogP contribution in [0.5, 0.6) is 0 Å². The van der Waals surface area contributed by atoms with Gasteiger partial charge in [0.2, 0.25) is 0 Å². The molecule has 0 aromatic carbocycles. The van der Waals surface area contributed by atoms with Crippen molar-refractivity contribution in [2.75, 3.05) is 7.11 Å². The number of methoxy groups -OCH3 is 1. The van der Waals surface area contributed by atoms with Gasteiger partial charge in [-0.25, -0.2) is 4.79 Å². The van der Waals surface area contributed by atoms with Crippen molar-refractivity contribution in [3.63, 3.8) is 0 Å². The molecule has 1 aromatic heterocycles. The normalized spacial score (nSPS) is 10.0. The minimum Gasteiger partial charge on any atom is -0.465 e. The molecule has 1 aromatic rings. The average Bonchev–Trinajstić information content (AvgIpc) is 2.26. The first kappa shape index (κ1) is 9.32. The minimum absolute atomic E-state index is 0.316. The summed E-state index contributed by atoms with van der Waals surface area (Å²) in [5.74, 6) is -0.316. The van der Waals surface area contributed by atoms with Crippen LogP contribution < -0.4 is 0 Å². The summed E-state index contributed by atoms with van der Waals surface area (Å²) in [6, 6.07) is 0. The highest BCUT2D eigenvalue weighted by molar-refractivity contribution is 9.10. The number of aryl methyl sites for hydroxylation is 2. The lowest BCUT2D eigenvalue weighted by Gasteiger charge is -1.97. The molecule has 0 aliphatic heterocycles. The number of esters is 1. The predicted molar refractivity (Wildman–Crippen MR) is 49.3 cm³/mol. The maximum Gasteiger partial charge on any atom is 0.340 e. The molecule has 12 heavy (non-hydrogen) atoms. The third-order valence-corrected chi connectivity index (χ3v) is 2.68. The number of H-pyrrole nitrogens is 1. The molecule has 0 saturated heterocycles. The van der Waals surface area contributed by atoms with E-state index in [4.69, 9.17) is 0 Å². The second-order valence-electron chi connectivity index (χ2n) is 2.56. The Hall–Kier alpha value is -0.770. The van der Waals surface area contributed by atoms with Gasteiger partial charge in [-0.1, -0.05) is 0 Å². The van der Waals surface area contributed by atoms with Gasteiger partial charge in [-0.05, 0) is 29.8 Å². The third-order valence-electron chi connectivity index (χ3n) is 1.69. The van der Waals surface area contributed by atoms with E-state index in [0.717, 1.165) is 15.9 Å². The maximum absolute atomic E-state index is 11.2. The molecule has 66 valence electrons. The van der Waals surface area contributed by atoms with Gasteiger partial charge in [0.15, 0.2) is 0 Å². The summed E-state index contributed by atoms with van der Waals surface area (Å²) in [6.07, 6.45) is 0. The second-order valence-corrected chi connectivity index (χ2v) is 3.35. The molecule has 0 spiro atoms. The lowest BCUT2D eigenvalue weighted by atomic mass is 10.2. The van der Waals surface area contributed by atoms with Crippen molar-refractivity contribution in [3.8, 4) is 0 Å². The molecule has 1 N–H and O–H groups in total. The van der Waals surface area contributed by atoms with E-state index in [-0.39, 0.29) is 5.97 Å². The number of nitrogens with one attached hydrogen (secondary N) is 1. The van der Waals surface area contributed by atoms with Crippen LogP contribution in [-0.2, 0) is 4.74 Å². The standard InChI is InChI=1S/C8H10BrNO2/c1-4-6(8(11)12-3)7(9)5(2)10-4/h10H,1-3H3. The third kappa shape index (κ3) is 1.39. The van der Waals surface area contributed by atoms with E-state index >= 15 is 0 Å². The fourth-order valence-electron chi connectivity index (χ4n) is 1.10. The molecule has 0 radical (unpaired) electrons. The Balaban J connectivity index is 3.22. The number of halogens is 1. The molecule has 1 heterocycles. The molecule has 4 heteroatoms. The number of rotatable bonds is 1. The molecule has 0 aliphatic rings. The van der Waals surface area contributed by atoms with Crippen LogP contribution in [0.1, 0.15) is 21.7 Å². The van der Waals surface area contributed by atoms with E-state index in [1.807, 2.05) is 13.8 Å². The van der Waals surface area contributed by atoms with Crippen LogP contribution in [0.2, 0.25) is 0 Å². The molecule has 0 fully saturated rings. The maximum atomic E-state index is 11.2. The largest absolute Gasteiger partial charge is 0.465 e. The monoisotopic (exact) mass is 231 g/mol. The predicted octanol–water partition coefficient (Wildman–Crippen LogP) is 2.18. The lowest BCUT2D eigenvalue weighted by molar-refractivity contribution is 0.0599. The van der Waals surface area contributed by atoms with Crippen molar-refractivity contribution in [3.05, 3.63) is 21.4 Å². The average molecular weight is 232 g/mol. The summed E-state index contributed by atoms with van der Waals surface area (Å²) in [5.41, 5.74) is 2.34. The Kier molecular flexibility index (Phi) is 2.57. The topological polar surface area (TPSA) is 42.1 Å². The van der Waals surface area contributed by atoms with Crippen molar-refractivity contribution in [1.82, 2.24) is 4.98 Å². The fraction of sp³-hybridized carbons (Fsp3) is 0.375. The zero-order chi connectivity index (χ0) is 9.30. The van der Waals surface area contributed by atoms with Gasteiger partial charge in [-0.3, -0.25) is 0 Å². The van der Waals surface area contributed by atoms with Gasteiger partial charge in [-0.2, -0.15) is 0 Å². The van der Waals surface area contributed by atoms with Gasteiger partial charge in [0.05, 0.1) is 17.1 Å². The number of hydrogen-bond donors (Lipinski definition) is 1. The quantitative estimate of drug-likeness (QED) is 0.754. The molecule has 0 bridgehead atoms. The molecule has 1 rings (SSSR count). The summed E-state index contributed by atoms with van der Waals surface area (Å²) in [5, 5.41) is 0. The van der Waals surface area contributed by atoms with Gasteiger partial charge in [0.1, 0.15) is 0 Å². The Labute approximate surface area is 79.2 Å². The molecule has 0 aliphatic carbocycles. The number of aromatic amines is 1. The lowest BCUT2D eigenvalue weighted by Crippen LogP contribution is -2.02. The Morgan fingerprint density at radius 2 is 2.00 bits per heavy atom. The Bertz CT molecular complexity index is 317. The van der Waals surface area contributed by atoms with E-state index in [2.05, 4.69) is 25.7 Å². The fourth-order valence-corrected chi connectivity index (χ4v) is 1.65. The first-order chi connectivity index (χ1) is 5.57. The number of hydrogen-bond acceptors (Lipinski definition) is 2. The van der Waals surface area contributed by atoms with Crippen molar-refractivity contribution >= 4 is 21.9 Å².